The van der Waals surface area contributed by atoms with Gasteiger partial charge in [-0.05, 0) is 83.5 Å². The van der Waals surface area contributed by atoms with Crippen LogP contribution >= 0.6 is 0 Å². The van der Waals surface area contributed by atoms with Crippen LogP contribution in [0.2, 0.25) is 0 Å². The first kappa shape index (κ1) is 58.1. The summed E-state index contributed by atoms with van der Waals surface area (Å²) in [7, 11) is 0. The molecule has 0 saturated carbocycles. The molecule has 0 aromatic carbocycles. The molecule has 0 heterocycles. The molecule has 0 fully saturated rings. The third-order valence-corrected chi connectivity index (χ3v) is 11.0. The molecule has 0 bridgehead atoms. The van der Waals surface area contributed by atoms with E-state index < -0.39 is 6.10 Å². The molecule has 0 aliphatic rings. The zero-order chi connectivity index (χ0) is 44.4. The van der Waals surface area contributed by atoms with Gasteiger partial charge in [0.1, 0.15) is 13.2 Å². The Balaban J connectivity index is 4.42. The molecule has 0 N–H and O–H groups in total. The number of carbonyl (C=O) groups excluding carboxylic acids is 3. The number of hydrogen-bond acceptors (Lipinski definition) is 6. The third-order valence-electron chi connectivity index (χ3n) is 11.0. The fourth-order valence-electron chi connectivity index (χ4n) is 7.13. The number of esters is 3. The van der Waals surface area contributed by atoms with E-state index in [0.717, 1.165) is 122 Å². The van der Waals surface area contributed by atoms with Crippen LogP contribution < -0.4 is 0 Å². The van der Waals surface area contributed by atoms with Gasteiger partial charge in [0.2, 0.25) is 0 Å². The van der Waals surface area contributed by atoms with Crippen LogP contribution in [0.1, 0.15) is 252 Å². The SMILES string of the molecule is CCC=CCC=CCC=CCCCCCCCC(=O)OC[C@@H](COC(=O)CCCCCCCCCCCCCCC)OC(=O)CCCCCCCC=CCC=CCCCCC. The molecule has 352 valence electrons. The van der Waals surface area contributed by atoms with Crippen molar-refractivity contribution in [3.05, 3.63) is 60.8 Å². The number of ether oxygens (including phenoxy) is 3. The summed E-state index contributed by atoms with van der Waals surface area (Å²) in [4.78, 5) is 38.0. The average molecular weight is 853 g/mol. The minimum Gasteiger partial charge on any atom is -0.462 e. The summed E-state index contributed by atoms with van der Waals surface area (Å²) in [6, 6.07) is 0. The molecule has 61 heavy (non-hydrogen) atoms. The predicted molar refractivity (Wildman–Crippen MR) is 261 cm³/mol. The highest BCUT2D eigenvalue weighted by Crippen LogP contribution is 2.15. The highest BCUT2D eigenvalue weighted by Gasteiger charge is 2.19. The van der Waals surface area contributed by atoms with Crippen molar-refractivity contribution >= 4 is 17.9 Å². The number of carbonyl (C=O) groups is 3. The molecule has 0 rings (SSSR count). The normalized spacial score (nSPS) is 12.5. The fourth-order valence-corrected chi connectivity index (χ4v) is 7.13. The van der Waals surface area contributed by atoms with Gasteiger partial charge < -0.3 is 14.2 Å². The van der Waals surface area contributed by atoms with E-state index in [9.17, 15) is 14.4 Å². The summed E-state index contributed by atoms with van der Waals surface area (Å²) in [5.41, 5.74) is 0. The van der Waals surface area contributed by atoms with Crippen molar-refractivity contribution in [1.82, 2.24) is 0 Å². The van der Waals surface area contributed by atoms with Crippen LogP contribution in [0.3, 0.4) is 0 Å². The molecule has 0 aliphatic carbocycles. The smallest absolute Gasteiger partial charge is 0.306 e. The minimum atomic E-state index is -0.786. The van der Waals surface area contributed by atoms with Crippen molar-refractivity contribution in [1.29, 1.82) is 0 Å². The van der Waals surface area contributed by atoms with Crippen molar-refractivity contribution in [2.75, 3.05) is 13.2 Å². The Kier molecular flexibility index (Phi) is 47.4. The van der Waals surface area contributed by atoms with Gasteiger partial charge in [-0.25, -0.2) is 0 Å². The summed E-state index contributed by atoms with van der Waals surface area (Å²) in [6.45, 7) is 6.48. The van der Waals surface area contributed by atoms with Crippen molar-refractivity contribution in [3.63, 3.8) is 0 Å². The molecule has 0 amide bonds. The average Bonchev–Trinajstić information content (AvgIpc) is 3.26. The zero-order valence-electron chi connectivity index (χ0n) is 40.2. The Morgan fingerprint density at radius 2 is 0.639 bits per heavy atom. The highest BCUT2D eigenvalue weighted by molar-refractivity contribution is 5.71. The molecule has 6 nitrogen and oxygen atoms in total. The van der Waals surface area contributed by atoms with Gasteiger partial charge in [-0.15, -0.1) is 0 Å². The van der Waals surface area contributed by atoms with E-state index in [0.29, 0.717) is 19.3 Å². The van der Waals surface area contributed by atoms with Gasteiger partial charge in [-0.1, -0.05) is 210 Å². The summed E-state index contributed by atoms with van der Waals surface area (Å²) < 4.78 is 16.8. The second-order valence-corrected chi connectivity index (χ2v) is 17.1. The van der Waals surface area contributed by atoms with Crippen molar-refractivity contribution in [2.45, 2.75) is 258 Å². The van der Waals surface area contributed by atoms with Crippen LogP contribution in [0.5, 0.6) is 0 Å². The molecule has 0 unspecified atom stereocenters. The molecule has 0 saturated heterocycles. The van der Waals surface area contributed by atoms with Crippen LogP contribution in [0.4, 0.5) is 0 Å². The van der Waals surface area contributed by atoms with Crippen LogP contribution in [0, 0.1) is 0 Å². The van der Waals surface area contributed by atoms with Gasteiger partial charge in [0.05, 0.1) is 0 Å². The predicted octanol–water partition coefficient (Wildman–Crippen LogP) is 16.9. The monoisotopic (exact) mass is 853 g/mol. The van der Waals surface area contributed by atoms with Crippen LogP contribution in [0.25, 0.3) is 0 Å². The minimum absolute atomic E-state index is 0.0838. The lowest BCUT2D eigenvalue weighted by molar-refractivity contribution is -0.167. The van der Waals surface area contributed by atoms with Gasteiger partial charge in [0.25, 0.3) is 0 Å². The van der Waals surface area contributed by atoms with Crippen LogP contribution in [0.15, 0.2) is 60.8 Å². The second-order valence-electron chi connectivity index (χ2n) is 17.1. The van der Waals surface area contributed by atoms with E-state index >= 15 is 0 Å². The topological polar surface area (TPSA) is 78.9 Å². The molecule has 0 aromatic heterocycles. The number of rotatable bonds is 46. The Morgan fingerprint density at radius 3 is 1.03 bits per heavy atom. The van der Waals surface area contributed by atoms with Crippen molar-refractivity contribution in [3.8, 4) is 0 Å². The molecule has 0 radical (unpaired) electrons. The maximum Gasteiger partial charge on any atom is 0.306 e. The van der Waals surface area contributed by atoms with E-state index in [2.05, 4.69) is 81.5 Å². The Bertz CT molecular complexity index is 1120. The third kappa shape index (κ3) is 48.0. The van der Waals surface area contributed by atoms with E-state index in [1.54, 1.807) is 0 Å². The quantitative estimate of drug-likeness (QED) is 0.0263. The summed E-state index contributed by atoms with van der Waals surface area (Å²) >= 11 is 0. The Hall–Kier alpha value is -2.89. The lowest BCUT2D eigenvalue weighted by atomic mass is 10.0. The van der Waals surface area contributed by atoms with E-state index in [1.807, 2.05) is 0 Å². The van der Waals surface area contributed by atoms with Gasteiger partial charge >= 0.3 is 17.9 Å². The number of hydrogen-bond donors (Lipinski definition) is 0. The summed E-state index contributed by atoms with van der Waals surface area (Å²) in [5, 5.41) is 0. The maximum atomic E-state index is 12.8. The van der Waals surface area contributed by atoms with E-state index in [1.165, 1.54) is 89.9 Å². The first-order valence-electron chi connectivity index (χ1n) is 25.8. The van der Waals surface area contributed by atoms with Crippen LogP contribution in [-0.2, 0) is 28.6 Å². The molecule has 0 aromatic rings. The van der Waals surface area contributed by atoms with Crippen molar-refractivity contribution < 1.29 is 28.6 Å². The van der Waals surface area contributed by atoms with E-state index in [4.69, 9.17) is 14.2 Å². The highest BCUT2D eigenvalue weighted by atomic mass is 16.6. The first-order valence-corrected chi connectivity index (χ1v) is 25.8. The maximum absolute atomic E-state index is 12.8. The largest absolute Gasteiger partial charge is 0.462 e. The second kappa shape index (κ2) is 49.8. The molecule has 0 aliphatic heterocycles. The molecule has 6 heteroatoms. The molecule has 1 atom stereocenters. The molecule has 0 spiro atoms. The lowest BCUT2D eigenvalue weighted by Crippen LogP contribution is -2.30. The number of allylic oxidation sites excluding steroid dienone is 10. The summed E-state index contributed by atoms with van der Waals surface area (Å²) in [6.07, 6.45) is 60.5. The first-order chi connectivity index (χ1) is 30.0. The Labute approximate surface area is 377 Å². The van der Waals surface area contributed by atoms with Crippen molar-refractivity contribution in [2.24, 2.45) is 0 Å². The van der Waals surface area contributed by atoms with Gasteiger partial charge in [0.15, 0.2) is 6.10 Å². The number of unbranched alkanes of at least 4 members (excludes halogenated alkanes) is 25. The fraction of sp³-hybridized carbons (Fsp3) is 0.764. The zero-order valence-corrected chi connectivity index (χ0v) is 40.2. The standard InChI is InChI=1S/C55H96O6/c1-4-7-10-13-16-19-22-25-27-30-33-36-39-42-45-48-54(57)60-51-52(50-59-53(56)47-44-41-38-35-32-29-24-21-18-15-12-9-6-3)61-55(58)49-46-43-40-37-34-31-28-26-23-20-17-14-11-8-5-2/h7,10,16-17,19-20,25-28,52H,4-6,8-9,11-15,18,21-24,29-51H2,1-3H3/t52-/m1/s1. The van der Waals surface area contributed by atoms with Gasteiger partial charge in [-0.3, -0.25) is 14.4 Å². The van der Waals surface area contributed by atoms with Gasteiger partial charge in [0, 0.05) is 19.3 Å². The van der Waals surface area contributed by atoms with E-state index in [-0.39, 0.29) is 31.1 Å². The van der Waals surface area contributed by atoms with Gasteiger partial charge in [-0.2, -0.15) is 0 Å². The van der Waals surface area contributed by atoms with Crippen LogP contribution in [-0.4, -0.2) is 37.2 Å². The molecular weight excluding hydrogens is 757 g/mol. The summed E-state index contributed by atoms with van der Waals surface area (Å²) in [5.74, 6) is -0.911. The molecular formula is C55H96O6. The lowest BCUT2D eigenvalue weighted by Gasteiger charge is -2.18. The Morgan fingerprint density at radius 1 is 0.344 bits per heavy atom.